The number of hydrogen-bond acceptors (Lipinski definition) is 2. The molecule has 0 aromatic carbocycles. The highest BCUT2D eigenvalue weighted by atomic mass is 35.5. The van der Waals surface area contributed by atoms with Gasteiger partial charge < -0.3 is 5.32 Å². The van der Waals surface area contributed by atoms with Crippen LogP contribution in [0.5, 0.6) is 0 Å². The number of hydrogen-bond donors (Lipinski definition) is 1. The minimum Gasteiger partial charge on any atom is -0.354 e. The van der Waals surface area contributed by atoms with E-state index in [0.717, 1.165) is 25.7 Å². The summed E-state index contributed by atoms with van der Waals surface area (Å²) in [5.41, 5.74) is 0. The molecule has 0 radical (unpaired) electrons. The number of halogens is 1. The quantitative estimate of drug-likeness (QED) is 0.691. The van der Waals surface area contributed by atoms with E-state index in [2.05, 4.69) is 5.32 Å². The Hall–Kier alpha value is -0.570. The zero-order chi connectivity index (χ0) is 9.84. The molecule has 0 aromatic heterocycles. The molecule has 74 valence electrons. The predicted octanol–water partition coefficient (Wildman–Crippen LogP) is 1.45. The highest BCUT2D eigenvalue weighted by Gasteiger charge is 2.25. The summed E-state index contributed by atoms with van der Waals surface area (Å²) < 4.78 is 0. The van der Waals surface area contributed by atoms with E-state index in [1.165, 1.54) is 6.92 Å². The molecule has 13 heavy (non-hydrogen) atoms. The van der Waals surface area contributed by atoms with Crippen molar-refractivity contribution >= 4 is 22.8 Å². The van der Waals surface area contributed by atoms with Gasteiger partial charge in [0.1, 0.15) is 0 Å². The molecule has 0 bridgehead atoms. The van der Waals surface area contributed by atoms with E-state index in [4.69, 9.17) is 11.6 Å². The van der Waals surface area contributed by atoms with Crippen molar-refractivity contribution in [1.82, 2.24) is 5.32 Å². The van der Waals surface area contributed by atoms with Crippen LogP contribution in [0.15, 0.2) is 0 Å². The molecule has 0 saturated heterocycles. The van der Waals surface area contributed by atoms with Gasteiger partial charge in [-0.05, 0) is 37.3 Å². The van der Waals surface area contributed by atoms with E-state index >= 15 is 0 Å². The number of nitrogens with one attached hydrogen (secondary N) is 1. The molecule has 0 aliphatic heterocycles. The number of carbonyl (C=O) groups excluding carboxylic acids is 2. The van der Waals surface area contributed by atoms with Gasteiger partial charge in [0.25, 0.3) is 0 Å². The Morgan fingerprint density at radius 1 is 1.23 bits per heavy atom. The molecule has 1 rings (SSSR count). The van der Waals surface area contributed by atoms with Crippen molar-refractivity contribution in [3.05, 3.63) is 0 Å². The summed E-state index contributed by atoms with van der Waals surface area (Å²) in [5.74, 6) is 0.00678. The molecule has 1 aliphatic rings. The van der Waals surface area contributed by atoms with Crippen molar-refractivity contribution in [3.63, 3.8) is 0 Å². The largest absolute Gasteiger partial charge is 0.354 e. The first kappa shape index (κ1) is 10.5. The van der Waals surface area contributed by atoms with Crippen LogP contribution < -0.4 is 5.32 Å². The predicted molar refractivity (Wildman–Crippen MR) is 50.4 cm³/mol. The zero-order valence-corrected chi connectivity index (χ0v) is 8.43. The third-order valence-electron chi connectivity index (χ3n) is 2.46. The van der Waals surface area contributed by atoms with E-state index < -0.39 is 0 Å². The average molecular weight is 204 g/mol. The summed E-state index contributed by atoms with van der Waals surface area (Å²) in [7, 11) is 0. The first-order valence-corrected chi connectivity index (χ1v) is 4.94. The monoisotopic (exact) mass is 203 g/mol. The van der Waals surface area contributed by atoms with Crippen LogP contribution in [0.25, 0.3) is 0 Å². The summed E-state index contributed by atoms with van der Waals surface area (Å²) in [5, 5.41) is 2.61. The maximum atomic E-state index is 10.8. The van der Waals surface area contributed by atoms with Gasteiger partial charge in [0.05, 0.1) is 0 Å². The molecular formula is C9H14ClNO2. The van der Waals surface area contributed by atoms with Gasteiger partial charge in [-0.25, -0.2) is 0 Å². The molecular weight excluding hydrogens is 190 g/mol. The van der Waals surface area contributed by atoms with Gasteiger partial charge in [-0.1, -0.05) is 0 Å². The zero-order valence-electron chi connectivity index (χ0n) is 7.68. The smallest absolute Gasteiger partial charge is 0.224 e. The molecule has 0 aromatic rings. The number of amides is 1. The van der Waals surface area contributed by atoms with Gasteiger partial charge in [0, 0.05) is 18.9 Å². The maximum absolute atomic E-state index is 10.8. The van der Waals surface area contributed by atoms with Crippen LogP contribution in [-0.2, 0) is 9.59 Å². The molecule has 0 heterocycles. The fourth-order valence-corrected chi connectivity index (χ4v) is 1.97. The van der Waals surface area contributed by atoms with Gasteiger partial charge in [-0.2, -0.15) is 0 Å². The molecule has 1 N–H and O–H groups in total. The van der Waals surface area contributed by atoms with Crippen LogP contribution in [-0.4, -0.2) is 17.2 Å². The lowest BCUT2D eigenvalue weighted by Crippen LogP contribution is -2.36. The normalized spacial score (nSPS) is 28.2. The fraction of sp³-hybridized carbons (Fsp3) is 0.778. The summed E-state index contributed by atoms with van der Waals surface area (Å²) in [6, 6.07) is 0.241. The van der Waals surface area contributed by atoms with Gasteiger partial charge in [0.2, 0.25) is 11.1 Å². The van der Waals surface area contributed by atoms with Crippen molar-refractivity contribution in [1.29, 1.82) is 0 Å². The molecule has 1 amide bonds. The van der Waals surface area contributed by atoms with E-state index in [0.29, 0.717) is 0 Å². The lowest BCUT2D eigenvalue weighted by atomic mass is 9.87. The van der Waals surface area contributed by atoms with Crippen molar-refractivity contribution in [2.75, 3.05) is 0 Å². The second-order valence-electron chi connectivity index (χ2n) is 3.55. The Labute approximate surface area is 82.8 Å². The van der Waals surface area contributed by atoms with E-state index in [9.17, 15) is 9.59 Å². The molecule has 1 saturated carbocycles. The van der Waals surface area contributed by atoms with Crippen LogP contribution in [0.3, 0.4) is 0 Å². The third-order valence-corrected chi connectivity index (χ3v) is 2.76. The van der Waals surface area contributed by atoms with Crippen LogP contribution in [0.2, 0.25) is 0 Å². The Bertz CT molecular complexity index is 210. The summed E-state index contributed by atoms with van der Waals surface area (Å²) >= 11 is 5.38. The highest BCUT2D eigenvalue weighted by molar-refractivity contribution is 6.63. The SMILES string of the molecule is CC(=O)NC1CCC(C(=O)Cl)CC1. The van der Waals surface area contributed by atoms with Crippen molar-refractivity contribution in [2.24, 2.45) is 5.92 Å². The van der Waals surface area contributed by atoms with Gasteiger partial charge in [-0.15, -0.1) is 0 Å². The molecule has 0 unspecified atom stereocenters. The second-order valence-corrected chi connectivity index (χ2v) is 3.93. The number of rotatable bonds is 2. The topological polar surface area (TPSA) is 46.2 Å². The number of carbonyl (C=O) groups is 2. The summed E-state index contributed by atoms with van der Waals surface area (Å²) in [6.45, 7) is 1.51. The van der Waals surface area contributed by atoms with Crippen LogP contribution in [0, 0.1) is 5.92 Å². The summed E-state index contributed by atoms with van der Waals surface area (Å²) in [6.07, 6.45) is 3.33. The van der Waals surface area contributed by atoms with E-state index in [1.807, 2.05) is 0 Å². The molecule has 0 spiro atoms. The standard InChI is InChI=1S/C9H14ClNO2/c1-6(12)11-8-4-2-7(3-5-8)9(10)13/h7-8H,2-5H2,1H3,(H,11,12). The van der Waals surface area contributed by atoms with Crippen molar-refractivity contribution in [2.45, 2.75) is 38.6 Å². The van der Waals surface area contributed by atoms with Crippen molar-refractivity contribution in [3.8, 4) is 0 Å². The molecule has 3 nitrogen and oxygen atoms in total. The average Bonchev–Trinajstić information content (AvgIpc) is 2.04. The Morgan fingerprint density at radius 2 is 1.77 bits per heavy atom. The van der Waals surface area contributed by atoms with Crippen LogP contribution in [0.4, 0.5) is 0 Å². The minimum absolute atomic E-state index is 0.000602. The first-order valence-electron chi connectivity index (χ1n) is 4.56. The molecule has 1 fully saturated rings. The Balaban J connectivity index is 2.30. The summed E-state index contributed by atoms with van der Waals surface area (Å²) in [4.78, 5) is 21.5. The lowest BCUT2D eigenvalue weighted by molar-refractivity contribution is -0.120. The van der Waals surface area contributed by atoms with Crippen LogP contribution in [0.1, 0.15) is 32.6 Å². The van der Waals surface area contributed by atoms with Gasteiger partial charge in [-0.3, -0.25) is 9.59 Å². The fourth-order valence-electron chi connectivity index (χ4n) is 1.75. The second kappa shape index (κ2) is 4.61. The van der Waals surface area contributed by atoms with Gasteiger partial charge in [0.15, 0.2) is 0 Å². The lowest BCUT2D eigenvalue weighted by Gasteiger charge is -2.26. The Kier molecular flexibility index (Phi) is 3.72. The molecule has 4 heteroatoms. The molecule has 1 aliphatic carbocycles. The third kappa shape index (κ3) is 3.35. The van der Waals surface area contributed by atoms with E-state index in [-0.39, 0.29) is 23.1 Å². The minimum atomic E-state index is -0.235. The Morgan fingerprint density at radius 3 is 2.15 bits per heavy atom. The highest BCUT2D eigenvalue weighted by Crippen LogP contribution is 2.25. The first-order chi connectivity index (χ1) is 6.09. The maximum Gasteiger partial charge on any atom is 0.224 e. The van der Waals surface area contributed by atoms with Crippen molar-refractivity contribution < 1.29 is 9.59 Å². The van der Waals surface area contributed by atoms with Crippen LogP contribution >= 0.6 is 11.6 Å². The van der Waals surface area contributed by atoms with E-state index in [1.54, 1.807) is 0 Å². The molecule has 0 atom stereocenters. The van der Waals surface area contributed by atoms with Gasteiger partial charge >= 0.3 is 0 Å².